The van der Waals surface area contributed by atoms with E-state index in [-0.39, 0.29) is 12.4 Å². The van der Waals surface area contributed by atoms with Crippen LogP contribution < -0.4 is 4.74 Å². The molecule has 0 bridgehead atoms. The number of hydrogen-bond acceptors (Lipinski definition) is 2. The molecule has 0 fully saturated rings. The van der Waals surface area contributed by atoms with Crippen LogP contribution >= 0.6 is 24.0 Å². The quantitative estimate of drug-likeness (QED) is 0.331. The summed E-state index contributed by atoms with van der Waals surface area (Å²) in [4.78, 5) is 2.35. The number of likely N-dealkylation sites (N-methyl/N-ethyl adjacent to an activating group) is 1. The van der Waals surface area contributed by atoms with Gasteiger partial charge >= 0.3 is 0 Å². The van der Waals surface area contributed by atoms with Gasteiger partial charge in [-0.2, -0.15) is 0 Å². The minimum Gasteiger partial charge on any atom is -0.492 e. The Labute approximate surface area is 191 Å². The highest BCUT2D eigenvalue weighted by molar-refractivity contribution is 6.53. The monoisotopic (exact) mass is 441 g/mol. The molecule has 0 aliphatic carbocycles. The number of halogens is 2. The zero-order chi connectivity index (χ0) is 20.5. The lowest BCUT2D eigenvalue weighted by Gasteiger charge is -2.18. The molecular formula is C26H29Cl2NO. The van der Waals surface area contributed by atoms with Crippen molar-refractivity contribution in [3.63, 3.8) is 0 Å². The maximum atomic E-state index is 6.87. The molecule has 0 aromatic heterocycles. The Morgan fingerprint density at radius 2 is 1.23 bits per heavy atom. The summed E-state index contributed by atoms with van der Waals surface area (Å²) in [5.74, 6) is 0.879. The Morgan fingerprint density at radius 1 is 0.733 bits per heavy atom. The number of ether oxygens (including phenoxy) is 1. The van der Waals surface area contributed by atoms with Gasteiger partial charge in [0.1, 0.15) is 12.4 Å². The topological polar surface area (TPSA) is 12.5 Å². The molecule has 0 N–H and O–H groups in total. The fraction of sp³-hybridized carbons (Fsp3) is 0.231. The van der Waals surface area contributed by atoms with Crippen molar-refractivity contribution in [2.45, 2.75) is 13.8 Å². The van der Waals surface area contributed by atoms with Gasteiger partial charge in [-0.05, 0) is 41.9 Å². The second-order valence-electron chi connectivity index (χ2n) is 6.82. The first kappa shape index (κ1) is 24.0. The molecule has 0 atom stereocenters. The summed E-state index contributed by atoms with van der Waals surface area (Å²) in [6.45, 7) is 8.05. The van der Waals surface area contributed by atoms with E-state index in [0.717, 1.165) is 52.7 Å². The van der Waals surface area contributed by atoms with E-state index in [1.807, 2.05) is 60.7 Å². The maximum absolute atomic E-state index is 6.87. The van der Waals surface area contributed by atoms with E-state index < -0.39 is 0 Å². The molecule has 0 saturated carbocycles. The summed E-state index contributed by atoms with van der Waals surface area (Å²) < 4.78 is 5.94. The van der Waals surface area contributed by atoms with Crippen LogP contribution in [0.2, 0.25) is 0 Å². The Kier molecular flexibility index (Phi) is 9.96. The number of rotatable bonds is 9. The van der Waals surface area contributed by atoms with Gasteiger partial charge < -0.3 is 9.64 Å². The summed E-state index contributed by atoms with van der Waals surface area (Å²) in [6, 6.07) is 28.6. The molecule has 0 aliphatic heterocycles. The van der Waals surface area contributed by atoms with Crippen LogP contribution in [0.25, 0.3) is 10.6 Å². The fourth-order valence-electron chi connectivity index (χ4n) is 3.30. The van der Waals surface area contributed by atoms with Crippen LogP contribution in [0.5, 0.6) is 5.75 Å². The van der Waals surface area contributed by atoms with Crippen LogP contribution in [-0.4, -0.2) is 31.1 Å². The van der Waals surface area contributed by atoms with Crippen molar-refractivity contribution in [2.24, 2.45) is 0 Å². The lowest BCUT2D eigenvalue weighted by molar-refractivity contribution is 0.223. The van der Waals surface area contributed by atoms with Gasteiger partial charge in [0, 0.05) is 12.1 Å². The number of nitrogens with zero attached hydrogens (tertiary/aromatic N) is 1. The largest absolute Gasteiger partial charge is 0.492 e. The SMILES string of the molecule is CCN(CC)CCOc1ccc(C(=C(Cl)c2ccccc2)c2ccccc2)cc1.Cl. The molecule has 0 unspecified atom stereocenters. The molecule has 0 amide bonds. The van der Waals surface area contributed by atoms with Crippen LogP contribution in [0.1, 0.15) is 30.5 Å². The van der Waals surface area contributed by atoms with E-state index >= 15 is 0 Å². The first-order valence-electron chi connectivity index (χ1n) is 10.2. The summed E-state index contributed by atoms with van der Waals surface area (Å²) in [7, 11) is 0. The van der Waals surface area contributed by atoms with Gasteiger partial charge in [-0.15, -0.1) is 12.4 Å². The van der Waals surface area contributed by atoms with E-state index in [1.165, 1.54) is 0 Å². The van der Waals surface area contributed by atoms with Gasteiger partial charge in [-0.1, -0.05) is 98.2 Å². The van der Waals surface area contributed by atoms with E-state index in [4.69, 9.17) is 16.3 Å². The molecule has 3 aromatic rings. The highest BCUT2D eigenvalue weighted by Crippen LogP contribution is 2.35. The number of hydrogen-bond donors (Lipinski definition) is 0. The summed E-state index contributed by atoms with van der Waals surface area (Å²) in [5, 5.41) is 0.743. The average molecular weight is 442 g/mol. The predicted octanol–water partition coefficient (Wildman–Crippen LogP) is 6.98. The second-order valence-corrected chi connectivity index (χ2v) is 7.20. The van der Waals surface area contributed by atoms with Crippen molar-refractivity contribution in [2.75, 3.05) is 26.2 Å². The molecule has 0 aliphatic rings. The van der Waals surface area contributed by atoms with E-state index in [1.54, 1.807) is 0 Å². The van der Waals surface area contributed by atoms with Gasteiger partial charge in [0.05, 0.1) is 5.03 Å². The predicted molar refractivity (Wildman–Crippen MR) is 132 cm³/mol. The molecule has 2 nitrogen and oxygen atoms in total. The molecule has 30 heavy (non-hydrogen) atoms. The van der Waals surface area contributed by atoms with Gasteiger partial charge in [0.25, 0.3) is 0 Å². The van der Waals surface area contributed by atoms with Gasteiger partial charge in [-0.25, -0.2) is 0 Å². The molecule has 158 valence electrons. The highest BCUT2D eigenvalue weighted by atomic mass is 35.5. The smallest absolute Gasteiger partial charge is 0.119 e. The Hall–Kier alpha value is -2.26. The molecule has 3 aromatic carbocycles. The van der Waals surface area contributed by atoms with Crippen molar-refractivity contribution in [3.05, 3.63) is 102 Å². The first-order chi connectivity index (χ1) is 14.2. The minimum absolute atomic E-state index is 0. The zero-order valence-corrected chi connectivity index (χ0v) is 19.1. The normalized spacial score (nSPS) is 11.6. The third-order valence-corrected chi connectivity index (χ3v) is 5.43. The summed E-state index contributed by atoms with van der Waals surface area (Å²) in [6.07, 6.45) is 0. The Morgan fingerprint density at radius 3 is 1.77 bits per heavy atom. The molecule has 0 spiro atoms. The fourth-order valence-corrected chi connectivity index (χ4v) is 3.65. The lowest BCUT2D eigenvalue weighted by Crippen LogP contribution is -2.27. The van der Waals surface area contributed by atoms with Crippen LogP contribution in [0.15, 0.2) is 84.9 Å². The average Bonchev–Trinajstić information content (AvgIpc) is 2.79. The van der Waals surface area contributed by atoms with Crippen LogP contribution in [0.3, 0.4) is 0 Å². The van der Waals surface area contributed by atoms with Crippen molar-refractivity contribution in [3.8, 4) is 5.75 Å². The molecule has 4 heteroatoms. The van der Waals surface area contributed by atoms with Crippen molar-refractivity contribution in [1.29, 1.82) is 0 Å². The van der Waals surface area contributed by atoms with Gasteiger partial charge in [0.2, 0.25) is 0 Å². The first-order valence-corrected chi connectivity index (χ1v) is 10.6. The molecule has 0 saturated heterocycles. The zero-order valence-electron chi connectivity index (χ0n) is 17.6. The van der Waals surface area contributed by atoms with Gasteiger partial charge in [0.15, 0.2) is 0 Å². The lowest BCUT2D eigenvalue weighted by atomic mass is 9.95. The molecule has 0 radical (unpaired) electrons. The van der Waals surface area contributed by atoms with Crippen molar-refractivity contribution >= 4 is 34.6 Å². The highest BCUT2D eigenvalue weighted by Gasteiger charge is 2.12. The van der Waals surface area contributed by atoms with Gasteiger partial charge in [-0.3, -0.25) is 0 Å². The van der Waals surface area contributed by atoms with Crippen LogP contribution in [0, 0.1) is 0 Å². The van der Waals surface area contributed by atoms with Crippen molar-refractivity contribution < 1.29 is 4.74 Å². The van der Waals surface area contributed by atoms with Crippen LogP contribution in [0.4, 0.5) is 0 Å². The molecule has 3 rings (SSSR count). The Bertz CT molecular complexity index is 905. The minimum atomic E-state index is 0. The van der Waals surface area contributed by atoms with E-state index in [9.17, 15) is 0 Å². The third kappa shape index (κ3) is 6.37. The van der Waals surface area contributed by atoms with Crippen LogP contribution in [-0.2, 0) is 0 Å². The van der Waals surface area contributed by atoms with E-state index in [2.05, 4.69) is 43.0 Å². The summed E-state index contributed by atoms with van der Waals surface area (Å²) >= 11 is 6.87. The van der Waals surface area contributed by atoms with E-state index in [0.29, 0.717) is 6.61 Å². The Balaban J connectivity index is 0.00000320. The summed E-state index contributed by atoms with van der Waals surface area (Å²) in [5.41, 5.74) is 4.19. The second kappa shape index (κ2) is 12.4. The molecule has 0 heterocycles. The number of benzene rings is 3. The molecular weight excluding hydrogens is 413 g/mol. The third-order valence-electron chi connectivity index (χ3n) is 5.02. The van der Waals surface area contributed by atoms with Crippen molar-refractivity contribution in [1.82, 2.24) is 4.90 Å². The maximum Gasteiger partial charge on any atom is 0.119 e. The standard InChI is InChI=1S/C26H28ClNO.ClH/c1-3-28(4-2)19-20-29-24-17-15-22(16-18-24)25(21-11-7-5-8-12-21)26(27)23-13-9-6-10-14-23;/h5-18H,3-4,19-20H2,1-2H3;1H.